The van der Waals surface area contributed by atoms with Gasteiger partial charge in [0.05, 0.1) is 24.7 Å². The highest BCUT2D eigenvalue weighted by Gasteiger charge is 2.48. The first kappa shape index (κ1) is 10.5. The molecule has 0 saturated carbocycles. The normalized spacial score (nSPS) is 31.7. The van der Waals surface area contributed by atoms with E-state index in [4.69, 9.17) is 10.5 Å². The van der Waals surface area contributed by atoms with Gasteiger partial charge in [0.15, 0.2) is 0 Å². The van der Waals surface area contributed by atoms with Crippen molar-refractivity contribution in [3.05, 3.63) is 0 Å². The molecule has 0 spiro atoms. The van der Waals surface area contributed by atoms with E-state index in [0.717, 1.165) is 0 Å². The minimum atomic E-state index is -0.583. The number of ether oxygens (including phenoxy) is 2. The van der Waals surface area contributed by atoms with Gasteiger partial charge >= 0.3 is 5.97 Å². The SMILES string of the molecule is COC(=O)CC1(N)CCOC1(C)C. The van der Waals surface area contributed by atoms with Gasteiger partial charge in [-0.05, 0) is 20.3 Å². The van der Waals surface area contributed by atoms with Gasteiger partial charge in [-0.25, -0.2) is 0 Å². The smallest absolute Gasteiger partial charge is 0.307 e. The van der Waals surface area contributed by atoms with E-state index in [2.05, 4.69) is 4.74 Å². The van der Waals surface area contributed by atoms with Crippen LogP contribution in [0.25, 0.3) is 0 Å². The Hall–Kier alpha value is -0.610. The van der Waals surface area contributed by atoms with E-state index in [0.29, 0.717) is 13.0 Å². The van der Waals surface area contributed by atoms with Gasteiger partial charge in [0.1, 0.15) is 0 Å². The van der Waals surface area contributed by atoms with Gasteiger partial charge in [0, 0.05) is 6.61 Å². The van der Waals surface area contributed by atoms with Crippen molar-refractivity contribution in [2.75, 3.05) is 13.7 Å². The number of hydrogen-bond donors (Lipinski definition) is 1. The predicted molar refractivity (Wildman–Crippen MR) is 48.2 cm³/mol. The first-order chi connectivity index (χ1) is 5.91. The van der Waals surface area contributed by atoms with Crippen molar-refractivity contribution in [1.29, 1.82) is 0 Å². The Morgan fingerprint density at radius 3 is 2.62 bits per heavy atom. The molecule has 0 aromatic rings. The predicted octanol–water partition coefficient (Wildman–Crippen LogP) is 0.446. The van der Waals surface area contributed by atoms with Crippen molar-refractivity contribution in [3.8, 4) is 0 Å². The molecule has 0 aliphatic carbocycles. The third-order valence-electron chi connectivity index (χ3n) is 2.90. The molecule has 13 heavy (non-hydrogen) atoms. The first-order valence-corrected chi connectivity index (χ1v) is 4.41. The maximum Gasteiger partial charge on any atom is 0.307 e. The molecule has 4 nitrogen and oxygen atoms in total. The average molecular weight is 187 g/mol. The molecule has 76 valence electrons. The lowest BCUT2D eigenvalue weighted by atomic mass is 9.80. The molecule has 0 aromatic carbocycles. The van der Waals surface area contributed by atoms with Crippen molar-refractivity contribution < 1.29 is 14.3 Å². The van der Waals surface area contributed by atoms with Crippen LogP contribution >= 0.6 is 0 Å². The first-order valence-electron chi connectivity index (χ1n) is 4.41. The summed E-state index contributed by atoms with van der Waals surface area (Å²) in [4.78, 5) is 11.1. The summed E-state index contributed by atoms with van der Waals surface area (Å²) in [6, 6.07) is 0. The van der Waals surface area contributed by atoms with Gasteiger partial charge in [0.2, 0.25) is 0 Å². The summed E-state index contributed by atoms with van der Waals surface area (Å²) < 4.78 is 10.1. The van der Waals surface area contributed by atoms with Crippen molar-refractivity contribution >= 4 is 5.97 Å². The molecule has 0 amide bonds. The van der Waals surface area contributed by atoms with Gasteiger partial charge in [-0.3, -0.25) is 4.79 Å². The molecule has 1 atom stereocenters. The Morgan fingerprint density at radius 2 is 2.23 bits per heavy atom. The molecule has 1 unspecified atom stereocenters. The Labute approximate surface area is 78.4 Å². The van der Waals surface area contributed by atoms with Crippen LogP contribution in [0.2, 0.25) is 0 Å². The number of hydrogen-bond acceptors (Lipinski definition) is 4. The van der Waals surface area contributed by atoms with Crippen LogP contribution in [0.15, 0.2) is 0 Å². The number of methoxy groups -OCH3 is 1. The molecule has 1 saturated heterocycles. The highest BCUT2D eigenvalue weighted by atomic mass is 16.5. The molecule has 1 aliphatic rings. The van der Waals surface area contributed by atoms with Gasteiger partial charge in [-0.15, -0.1) is 0 Å². The zero-order valence-corrected chi connectivity index (χ0v) is 8.42. The third-order valence-corrected chi connectivity index (χ3v) is 2.90. The van der Waals surface area contributed by atoms with E-state index in [9.17, 15) is 4.79 Å². The molecular weight excluding hydrogens is 170 g/mol. The monoisotopic (exact) mass is 187 g/mol. The maximum absolute atomic E-state index is 11.1. The molecule has 1 rings (SSSR count). The van der Waals surface area contributed by atoms with E-state index < -0.39 is 11.1 Å². The van der Waals surface area contributed by atoms with Crippen LogP contribution < -0.4 is 5.73 Å². The zero-order valence-electron chi connectivity index (χ0n) is 8.42. The van der Waals surface area contributed by atoms with Crippen LogP contribution in [0.4, 0.5) is 0 Å². The van der Waals surface area contributed by atoms with E-state index in [-0.39, 0.29) is 12.4 Å². The highest BCUT2D eigenvalue weighted by molar-refractivity contribution is 5.71. The minimum absolute atomic E-state index is 0.219. The third kappa shape index (κ3) is 1.84. The van der Waals surface area contributed by atoms with Crippen molar-refractivity contribution in [2.45, 2.75) is 37.8 Å². The molecule has 0 aromatic heterocycles. The second-order valence-corrected chi connectivity index (χ2v) is 4.02. The van der Waals surface area contributed by atoms with Gasteiger partial charge in [-0.2, -0.15) is 0 Å². The molecule has 0 bridgehead atoms. The Morgan fingerprint density at radius 1 is 1.62 bits per heavy atom. The number of rotatable bonds is 2. The molecule has 2 N–H and O–H groups in total. The van der Waals surface area contributed by atoms with Crippen LogP contribution in [-0.2, 0) is 14.3 Å². The van der Waals surface area contributed by atoms with Crippen LogP contribution in [0.3, 0.4) is 0 Å². The Bertz CT molecular complexity index is 215. The fraction of sp³-hybridized carbons (Fsp3) is 0.889. The summed E-state index contributed by atoms with van der Waals surface area (Å²) in [6.07, 6.45) is 0.922. The summed E-state index contributed by atoms with van der Waals surface area (Å²) >= 11 is 0. The van der Waals surface area contributed by atoms with E-state index >= 15 is 0 Å². The second-order valence-electron chi connectivity index (χ2n) is 4.02. The van der Waals surface area contributed by atoms with Gasteiger partial charge < -0.3 is 15.2 Å². The topological polar surface area (TPSA) is 61.5 Å². The fourth-order valence-corrected chi connectivity index (χ4v) is 1.56. The standard InChI is InChI=1S/C9H17NO3/c1-8(2)9(10,4-5-13-8)6-7(11)12-3/h4-6,10H2,1-3H3. The van der Waals surface area contributed by atoms with Crippen molar-refractivity contribution in [3.63, 3.8) is 0 Å². The van der Waals surface area contributed by atoms with Crippen LogP contribution in [-0.4, -0.2) is 30.8 Å². The quantitative estimate of drug-likeness (QED) is 0.637. The average Bonchev–Trinajstić information content (AvgIpc) is 2.26. The number of esters is 1. The maximum atomic E-state index is 11.1. The molecule has 1 fully saturated rings. The number of nitrogens with two attached hydrogens (primary N) is 1. The van der Waals surface area contributed by atoms with Crippen molar-refractivity contribution in [1.82, 2.24) is 0 Å². The van der Waals surface area contributed by atoms with Crippen LogP contribution in [0.5, 0.6) is 0 Å². The van der Waals surface area contributed by atoms with Gasteiger partial charge in [-0.1, -0.05) is 0 Å². The summed E-state index contributed by atoms with van der Waals surface area (Å²) in [7, 11) is 1.37. The molecule has 1 aliphatic heterocycles. The fourth-order valence-electron chi connectivity index (χ4n) is 1.56. The summed E-state index contributed by atoms with van der Waals surface area (Å²) in [5, 5.41) is 0. The van der Waals surface area contributed by atoms with Gasteiger partial charge in [0.25, 0.3) is 0 Å². The van der Waals surface area contributed by atoms with E-state index in [1.165, 1.54) is 7.11 Å². The lowest BCUT2D eigenvalue weighted by molar-refractivity contribution is -0.143. The molecular formula is C9H17NO3. The molecule has 0 radical (unpaired) electrons. The molecule has 4 heteroatoms. The lowest BCUT2D eigenvalue weighted by Gasteiger charge is -2.35. The minimum Gasteiger partial charge on any atom is -0.469 e. The van der Waals surface area contributed by atoms with E-state index in [1.807, 2.05) is 13.8 Å². The highest BCUT2D eigenvalue weighted by Crippen LogP contribution is 2.36. The Balaban J connectivity index is 2.70. The van der Waals surface area contributed by atoms with Crippen LogP contribution in [0, 0.1) is 0 Å². The summed E-state index contributed by atoms with van der Waals surface area (Å²) in [5.74, 6) is -0.277. The number of carbonyl (C=O) groups is 1. The summed E-state index contributed by atoms with van der Waals surface area (Å²) in [5.41, 5.74) is 5.06. The number of carbonyl (C=O) groups excluding carboxylic acids is 1. The van der Waals surface area contributed by atoms with Crippen LogP contribution in [0.1, 0.15) is 26.7 Å². The van der Waals surface area contributed by atoms with Crippen molar-refractivity contribution in [2.24, 2.45) is 5.73 Å². The Kier molecular flexibility index (Phi) is 2.63. The lowest BCUT2D eigenvalue weighted by Crippen LogP contribution is -2.55. The molecule has 1 heterocycles. The summed E-state index contributed by atoms with van der Waals surface area (Å²) in [6.45, 7) is 4.42. The zero-order chi connectivity index (χ0) is 10.1. The van der Waals surface area contributed by atoms with E-state index in [1.54, 1.807) is 0 Å². The largest absolute Gasteiger partial charge is 0.469 e. The second kappa shape index (κ2) is 3.27.